The number of amides is 2. The zero-order valence-electron chi connectivity index (χ0n) is 17.8. The Morgan fingerprint density at radius 3 is 2.63 bits per heavy atom. The Hall–Kier alpha value is -2.70. The van der Waals surface area contributed by atoms with Crippen LogP contribution in [0.2, 0.25) is 0 Å². The van der Waals surface area contributed by atoms with Gasteiger partial charge >= 0.3 is 5.97 Å². The van der Waals surface area contributed by atoms with Crippen molar-refractivity contribution in [1.29, 1.82) is 0 Å². The summed E-state index contributed by atoms with van der Waals surface area (Å²) in [6.07, 6.45) is 3.37. The van der Waals surface area contributed by atoms with E-state index >= 15 is 0 Å². The van der Waals surface area contributed by atoms with Gasteiger partial charge in [-0.05, 0) is 37.3 Å². The Labute approximate surface area is 177 Å². The van der Waals surface area contributed by atoms with Gasteiger partial charge in [0.15, 0.2) is 12.4 Å². The molecule has 1 aliphatic carbocycles. The monoisotopic (exact) mass is 414 g/mol. The third-order valence-corrected chi connectivity index (χ3v) is 6.48. The number of anilines is 1. The maximum absolute atomic E-state index is 12.5. The summed E-state index contributed by atoms with van der Waals surface area (Å²) in [5.74, 6) is -0.806. The molecular weight excluding hydrogens is 384 g/mol. The van der Waals surface area contributed by atoms with Gasteiger partial charge in [-0.25, -0.2) is 0 Å². The van der Waals surface area contributed by atoms with Crippen molar-refractivity contribution in [3.63, 3.8) is 0 Å². The molecule has 30 heavy (non-hydrogen) atoms. The molecule has 1 saturated carbocycles. The van der Waals surface area contributed by atoms with Crippen molar-refractivity contribution >= 4 is 29.3 Å². The maximum atomic E-state index is 12.5. The summed E-state index contributed by atoms with van der Waals surface area (Å²) in [5.41, 5.74) is 0.777. The topological polar surface area (TPSA) is 92.8 Å². The molecule has 0 unspecified atom stereocenters. The number of rotatable bonds is 6. The number of ether oxygens (including phenoxy) is 1. The van der Waals surface area contributed by atoms with Crippen molar-refractivity contribution in [2.24, 2.45) is 17.8 Å². The van der Waals surface area contributed by atoms with E-state index in [9.17, 15) is 19.2 Å². The SMILES string of the molecule is CC(=O)c1ccccc1NC(=O)COC(=O)[C@@H]1CC(=O)N([C@H]2CCC[C@@H](C)[C@H]2C)C1. The average Bonchev–Trinajstić information content (AvgIpc) is 3.10. The lowest BCUT2D eigenvalue weighted by Crippen LogP contribution is -2.45. The van der Waals surface area contributed by atoms with E-state index in [2.05, 4.69) is 19.2 Å². The first-order valence-electron chi connectivity index (χ1n) is 10.6. The Morgan fingerprint density at radius 2 is 1.90 bits per heavy atom. The maximum Gasteiger partial charge on any atom is 0.311 e. The largest absolute Gasteiger partial charge is 0.455 e. The van der Waals surface area contributed by atoms with Crippen LogP contribution in [0, 0.1) is 17.8 Å². The zero-order chi connectivity index (χ0) is 21.8. The fraction of sp³-hybridized carbons (Fsp3) is 0.565. The predicted octanol–water partition coefficient (Wildman–Crippen LogP) is 3.04. The Kier molecular flexibility index (Phi) is 6.90. The van der Waals surface area contributed by atoms with Gasteiger partial charge in [0.1, 0.15) is 0 Å². The summed E-state index contributed by atoms with van der Waals surface area (Å²) in [4.78, 5) is 50.7. The highest BCUT2D eigenvalue weighted by atomic mass is 16.5. The van der Waals surface area contributed by atoms with Gasteiger partial charge in [-0.15, -0.1) is 0 Å². The number of carbonyl (C=O) groups excluding carboxylic acids is 4. The Bertz CT molecular complexity index is 837. The molecule has 0 radical (unpaired) electrons. The summed E-state index contributed by atoms with van der Waals surface area (Å²) in [7, 11) is 0. The molecule has 1 aliphatic heterocycles. The molecule has 2 amide bonds. The third kappa shape index (κ3) is 4.89. The van der Waals surface area contributed by atoms with Crippen LogP contribution in [0.4, 0.5) is 5.69 Å². The van der Waals surface area contributed by atoms with Gasteiger partial charge in [-0.3, -0.25) is 19.2 Å². The molecular formula is C23H30N2O5. The lowest BCUT2D eigenvalue weighted by molar-refractivity contribution is -0.151. The van der Waals surface area contributed by atoms with Crippen molar-refractivity contribution in [3.8, 4) is 0 Å². The van der Waals surface area contributed by atoms with Crippen molar-refractivity contribution < 1.29 is 23.9 Å². The Balaban J connectivity index is 1.52. The van der Waals surface area contributed by atoms with Crippen molar-refractivity contribution in [3.05, 3.63) is 29.8 Å². The number of Topliss-reactive ketones (excluding diaryl/α,β-unsaturated/α-hetero) is 1. The molecule has 2 aliphatic rings. The highest BCUT2D eigenvalue weighted by molar-refractivity contribution is 6.04. The standard InChI is InChI=1S/C23H30N2O5/c1-14-7-6-10-20(15(14)2)25-12-17(11-22(25)28)23(29)30-13-21(27)24-19-9-5-4-8-18(19)16(3)26/h4-5,8-9,14-15,17,20H,6-7,10-13H2,1-3H3,(H,24,27)/t14-,15-,17-,20+/m1/s1. The number of esters is 1. The highest BCUT2D eigenvalue weighted by Crippen LogP contribution is 2.35. The molecule has 0 bridgehead atoms. The van der Waals surface area contributed by atoms with Gasteiger partial charge in [0.2, 0.25) is 5.91 Å². The summed E-state index contributed by atoms with van der Waals surface area (Å²) >= 11 is 0. The number of nitrogens with zero attached hydrogens (tertiary/aromatic N) is 1. The van der Waals surface area contributed by atoms with Gasteiger partial charge in [-0.1, -0.05) is 38.8 Å². The van der Waals surface area contributed by atoms with E-state index in [4.69, 9.17) is 4.74 Å². The normalized spacial score (nSPS) is 26.4. The minimum absolute atomic E-state index is 0.0114. The van der Waals surface area contributed by atoms with E-state index in [1.165, 1.54) is 13.3 Å². The predicted molar refractivity (Wildman–Crippen MR) is 112 cm³/mol. The van der Waals surface area contributed by atoms with Crippen LogP contribution in [0.3, 0.4) is 0 Å². The van der Waals surface area contributed by atoms with Crippen LogP contribution in [0.15, 0.2) is 24.3 Å². The first-order chi connectivity index (χ1) is 14.3. The molecule has 0 spiro atoms. The molecule has 2 fully saturated rings. The summed E-state index contributed by atoms with van der Waals surface area (Å²) < 4.78 is 5.18. The van der Waals surface area contributed by atoms with Crippen LogP contribution < -0.4 is 5.32 Å². The van der Waals surface area contributed by atoms with Crippen LogP contribution in [0.5, 0.6) is 0 Å². The second-order valence-electron chi connectivity index (χ2n) is 8.54. The van der Waals surface area contributed by atoms with Gasteiger partial charge in [0, 0.05) is 24.6 Å². The van der Waals surface area contributed by atoms with Gasteiger partial charge in [0.25, 0.3) is 5.91 Å². The number of hydrogen-bond acceptors (Lipinski definition) is 5. The van der Waals surface area contributed by atoms with E-state index in [0.29, 0.717) is 29.6 Å². The number of benzene rings is 1. The van der Waals surface area contributed by atoms with E-state index in [1.54, 1.807) is 24.3 Å². The lowest BCUT2D eigenvalue weighted by Gasteiger charge is -2.39. The van der Waals surface area contributed by atoms with Crippen LogP contribution in [-0.2, 0) is 19.1 Å². The summed E-state index contributed by atoms with van der Waals surface area (Å²) in [5, 5.41) is 2.60. The molecule has 1 saturated heterocycles. The molecule has 1 heterocycles. The van der Waals surface area contributed by atoms with Crippen molar-refractivity contribution in [2.45, 2.75) is 52.5 Å². The van der Waals surface area contributed by atoms with Crippen LogP contribution in [-0.4, -0.2) is 47.7 Å². The number of carbonyl (C=O) groups is 4. The first-order valence-corrected chi connectivity index (χ1v) is 10.6. The van der Waals surface area contributed by atoms with E-state index in [-0.39, 0.29) is 24.2 Å². The van der Waals surface area contributed by atoms with Crippen LogP contribution in [0.1, 0.15) is 56.8 Å². The molecule has 1 aromatic carbocycles. The van der Waals surface area contributed by atoms with Gasteiger partial charge in [0.05, 0.1) is 11.6 Å². The summed E-state index contributed by atoms with van der Waals surface area (Å²) in [6.45, 7) is 5.71. The van der Waals surface area contributed by atoms with E-state index < -0.39 is 24.4 Å². The fourth-order valence-corrected chi connectivity index (χ4v) is 4.54. The molecule has 3 rings (SSSR count). The van der Waals surface area contributed by atoms with Gasteiger partial charge in [-0.2, -0.15) is 0 Å². The first kappa shape index (κ1) is 22.0. The minimum Gasteiger partial charge on any atom is -0.455 e. The van der Waals surface area contributed by atoms with Crippen molar-refractivity contribution in [1.82, 2.24) is 4.90 Å². The van der Waals surface area contributed by atoms with Crippen molar-refractivity contribution in [2.75, 3.05) is 18.5 Å². The molecule has 0 aromatic heterocycles. The van der Waals surface area contributed by atoms with Crippen LogP contribution >= 0.6 is 0 Å². The second-order valence-corrected chi connectivity index (χ2v) is 8.54. The van der Waals surface area contributed by atoms with Gasteiger partial charge < -0.3 is 15.0 Å². The number of likely N-dealkylation sites (tertiary alicyclic amines) is 1. The molecule has 4 atom stereocenters. The molecule has 1 N–H and O–H groups in total. The average molecular weight is 415 g/mol. The number of nitrogens with one attached hydrogen (secondary N) is 1. The Morgan fingerprint density at radius 1 is 1.17 bits per heavy atom. The smallest absolute Gasteiger partial charge is 0.311 e. The fourth-order valence-electron chi connectivity index (χ4n) is 4.54. The molecule has 1 aromatic rings. The molecule has 162 valence electrons. The highest BCUT2D eigenvalue weighted by Gasteiger charge is 2.42. The molecule has 7 nitrogen and oxygen atoms in total. The molecule has 7 heteroatoms. The zero-order valence-corrected chi connectivity index (χ0v) is 17.8. The van der Waals surface area contributed by atoms with Crippen LogP contribution in [0.25, 0.3) is 0 Å². The second kappa shape index (κ2) is 9.41. The number of para-hydroxylation sites is 1. The van der Waals surface area contributed by atoms with E-state index in [1.807, 2.05) is 4.90 Å². The minimum atomic E-state index is -0.542. The summed E-state index contributed by atoms with van der Waals surface area (Å²) in [6, 6.07) is 6.83. The lowest BCUT2D eigenvalue weighted by atomic mass is 9.77. The number of hydrogen-bond donors (Lipinski definition) is 1. The third-order valence-electron chi connectivity index (χ3n) is 6.48. The number of ketones is 1. The quantitative estimate of drug-likeness (QED) is 0.570. The van der Waals surface area contributed by atoms with E-state index in [0.717, 1.165) is 12.8 Å².